The van der Waals surface area contributed by atoms with Gasteiger partial charge in [0.1, 0.15) is 0 Å². The lowest BCUT2D eigenvalue weighted by atomic mass is 10.1. The normalized spacial score (nSPS) is 8.92. The van der Waals surface area contributed by atoms with Crippen molar-refractivity contribution in [3.05, 3.63) is 36.1 Å². The molecule has 0 saturated carbocycles. The van der Waals surface area contributed by atoms with Crippen molar-refractivity contribution in [3.8, 4) is 0 Å². The summed E-state index contributed by atoms with van der Waals surface area (Å²) < 4.78 is 5.25. The molecule has 12 heavy (non-hydrogen) atoms. The van der Waals surface area contributed by atoms with Crippen LogP contribution in [0.25, 0.3) is 0 Å². The van der Waals surface area contributed by atoms with E-state index < -0.39 is 0 Å². The molecule has 0 spiro atoms. The van der Waals surface area contributed by atoms with Crippen molar-refractivity contribution in [2.45, 2.75) is 27.2 Å². The topological polar surface area (TPSA) is 9.23 Å². The number of hydrogen-bond donors (Lipinski definition) is 0. The molecule has 0 aromatic heterocycles. The van der Waals surface area contributed by atoms with Crippen molar-refractivity contribution in [1.82, 2.24) is 0 Å². The van der Waals surface area contributed by atoms with Crippen LogP contribution in [0, 0.1) is 0 Å². The lowest BCUT2D eigenvalue weighted by Crippen LogP contribution is -1.93. The first kappa shape index (κ1) is 11.0. The molecule has 0 aromatic carbocycles. The Balaban J connectivity index is 3.83. The van der Waals surface area contributed by atoms with Gasteiger partial charge in [-0.05, 0) is 26.3 Å². The van der Waals surface area contributed by atoms with E-state index in [4.69, 9.17) is 4.74 Å². The van der Waals surface area contributed by atoms with E-state index >= 15 is 0 Å². The van der Waals surface area contributed by atoms with Gasteiger partial charge in [0.25, 0.3) is 0 Å². The first-order valence-electron chi connectivity index (χ1n) is 4.15. The summed E-state index contributed by atoms with van der Waals surface area (Å²) in [5.41, 5.74) is 2.56. The average molecular weight is 166 g/mol. The van der Waals surface area contributed by atoms with Crippen LogP contribution in [0.15, 0.2) is 36.1 Å². The monoisotopic (exact) mass is 166 g/mol. The summed E-state index contributed by atoms with van der Waals surface area (Å²) in [7, 11) is 0. The summed E-state index contributed by atoms with van der Waals surface area (Å²) in [5.74, 6) is 0.771. The fourth-order valence-corrected chi connectivity index (χ4v) is 0.891. The summed E-state index contributed by atoms with van der Waals surface area (Å²) in [6, 6.07) is 0. The third-order valence-corrected chi connectivity index (χ3v) is 1.61. The van der Waals surface area contributed by atoms with Crippen molar-refractivity contribution in [3.63, 3.8) is 0 Å². The summed E-state index contributed by atoms with van der Waals surface area (Å²) in [5, 5.41) is 0. The summed E-state index contributed by atoms with van der Waals surface area (Å²) in [6.07, 6.45) is 2.80. The van der Waals surface area contributed by atoms with Gasteiger partial charge < -0.3 is 4.74 Å². The summed E-state index contributed by atoms with van der Waals surface area (Å²) >= 11 is 0. The minimum absolute atomic E-state index is 0.696. The predicted molar refractivity (Wildman–Crippen MR) is 54.0 cm³/mol. The maximum absolute atomic E-state index is 5.25. The average Bonchev–Trinajstić information content (AvgIpc) is 1.96. The number of rotatable bonds is 5. The highest BCUT2D eigenvalue weighted by Gasteiger charge is 1.94. The van der Waals surface area contributed by atoms with Gasteiger partial charge in [-0.25, -0.2) is 0 Å². The zero-order valence-electron chi connectivity index (χ0n) is 8.31. The minimum Gasteiger partial charge on any atom is -0.499 e. The van der Waals surface area contributed by atoms with E-state index in [0.29, 0.717) is 6.61 Å². The Morgan fingerprint density at radius 3 is 2.25 bits per heavy atom. The van der Waals surface area contributed by atoms with Crippen molar-refractivity contribution in [1.29, 1.82) is 0 Å². The third-order valence-electron chi connectivity index (χ3n) is 1.61. The fraction of sp³-hybridized carbons (Fsp3) is 0.455. The lowest BCUT2D eigenvalue weighted by molar-refractivity contribution is 0.219. The van der Waals surface area contributed by atoms with Gasteiger partial charge in [-0.2, -0.15) is 0 Å². The second-order valence-corrected chi connectivity index (χ2v) is 3.03. The molecule has 0 rings (SSSR count). The van der Waals surface area contributed by atoms with Crippen LogP contribution >= 0.6 is 0 Å². The predicted octanol–water partition coefficient (Wildman–Crippen LogP) is 3.45. The molecule has 0 unspecified atom stereocenters. The summed E-state index contributed by atoms with van der Waals surface area (Å²) in [4.78, 5) is 0. The smallest absolute Gasteiger partial charge is 0.0917 e. The van der Waals surface area contributed by atoms with Gasteiger partial charge in [-0.3, -0.25) is 0 Å². The molecule has 0 aliphatic rings. The largest absolute Gasteiger partial charge is 0.499 e. The second kappa shape index (κ2) is 5.64. The van der Waals surface area contributed by atoms with Crippen LogP contribution in [-0.4, -0.2) is 6.61 Å². The van der Waals surface area contributed by atoms with E-state index in [9.17, 15) is 0 Å². The Morgan fingerprint density at radius 2 is 1.92 bits per heavy atom. The van der Waals surface area contributed by atoms with Gasteiger partial charge in [0, 0.05) is 6.42 Å². The van der Waals surface area contributed by atoms with E-state index in [-0.39, 0.29) is 0 Å². The highest BCUT2D eigenvalue weighted by Crippen LogP contribution is 2.09. The lowest BCUT2D eigenvalue weighted by Gasteiger charge is -2.06. The molecule has 0 saturated heterocycles. The first-order valence-corrected chi connectivity index (χ1v) is 4.15. The van der Waals surface area contributed by atoms with Gasteiger partial charge in [0.05, 0.1) is 12.4 Å². The Morgan fingerprint density at radius 1 is 1.33 bits per heavy atom. The molecule has 0 heterocycles. The maximum atomic E-state index is 5.25. The first-order chi connectivity index (χ1) is 5.57. The van der Waals surface area contributed by atoms with E-state index in [0.717, 1.165) is 12.2 Å². The molecule has 0 bridgehead atoms. The number of ether oxygens (including phenoxy) is 1. The zero-order chi connectivity index (χ0) is 9.56. The van der Waals surface area contributed by atoms with Crippen LogP contribution < -0.4 is 0 Å². The Labute approximate surface area is 75.4 Å². The van der Waals surface area contributed by atoms with Gasteiger partial charge >= 0.3 is 0 Å². The van der Waals surface area contributed by atoms with Gasteiger partial charge in [-0.15, -0.1) is 0 Å². The van der Waals surface area contributed by atoms with Crippen molar-refractivity contribution < 1.29 is 4.74 Å². The van der Waals surface area contributed by atoms with Gasteiger partial charge in [0.2, 0.25) is 0 Å². The number of allylic oxidation sites excluding steroid dienone is 3. The molecule has 0 aliphatic carbocycles. The van der Waals surface area contributed by atoms with Crippen LogP contribution in [0.2, 0.25) is 0 Å². The summed E-state index contributed by atoms with van der Waals surface area (Å²) in [6.45, 7) is 14.1. The van der Waals surface area contributed by atoms with Crippen molar-refractivity contribution in [2.75, 3.05) is 6.61 Å². The molecular formula is C11H18O. The van der Waals surface area contributed by atoms with Crippen LogP contribution in [0.4, 0.5) is 0 Å². The van der Waals surface area contributed by atoms with E-state index in [1.807, 2.05) is 13.0 Å². The third kappa shape index (κ3) is 4.78. The minimum atomic E-state index is 0.696. The standard InChI is InChI=1S/C11H18O/c1-6-11(9(2)3)7-8-12-10(4)5/h6H,1,4,7-8H2,2-3,5H3. The Bertz CT molecular complexity index is 195. The molecule has 0 fully saturated rings. The maximum Gasteiger partial charge on any atom is 0.0917 e. The van der Waals surface area contributed by atoms with Crippen LogP contribution in [0.5, 0.6) is 0 Å². The van der Waals surface area contributed by atoms with Crippen LogP contribution in [0.1, 0.15) is 27.2 Å². The fourth-order valence-electron chi connectivity index (χ4n) is 0.891. The zero-order valence-corrected chi connectivity index (χ0v) is 8.31. The van der Waals surface area contributed by atoms with Crippen molar-refractivity contribution >= 4 is 0 Å². The Kier molecular flexibility index (Phi) is 5.18. The molecule has 1 nitrogen and oxygen atoms in total. The SMILES string of the molecule is C=CC(CCOC(=C)C)=C(C)C. The highest BCUT2D eigenvalue weighted by molar-refractivity contribution is 5.21. The van der Waals surface area contributed by atoms with Gasteiger partial charge in [-0.1, -0.05) is 24.8 Å². The van der Waals surface area contributed by atoms with E-state index in [1.165, 1.54) is 11.1 Å². The molecule has 68 valence electrons. The number of hydrogen-bond acceptors (Lipinski definition) is 1. The van der Waals surface area contributed by atoms with E-state index in [2.05, 4.69) is 27.0 Å². The Hall–Kier alpha value is -0.980. The van der Waals surface area contributed by atoms with Crippen LogP contribution in [-0.2, 0) is 4.74 Å². The molecule has 0 aromatic rings. The quantitative estimate of drug-likeness (QED) is 0.449. The van der Waals surface area contributed by atoms with Crippen molar-refractivity contribution in [2.24, 2.45) is 0 Å². The molecule has 0 radical (unpaired) electrons. The molecule has 0 N–H and O–H groups in total. The second-order valence-electron chi connectivity index (χ2n) is 3.03. The van der Waals surface area contributed by atoms with E-state index in [1.54, 1.807) is 0 Å². The molecule has 0 amide bonds. The molecule has 1 heteroatoms. The molecule has 0 atom stereocenters. The molecular weight excluding hydrogens is 148 g/mol. The molecule has 0 aliphatic heterocycles. The van der Waals surface area contributed by atoms with Gasteiger partial charge in [0.15, 0.2) is 0 Å². The highest BCUT2D eigenvalue weighted by atomic mass is 16.5. The van der Waals surface area contributed by atoms with Crippen LogP contribution in [0.3, 0.4) is 0 Å².